The topological polar surface area (TPSA) is 12.4 Å². The molecule has 0 saturated heterocycles. The van der Waals surface area contributed by atoms with Gasteiger partial charge in [0.05, 0.1) is 0 Å². The van der Waals surface area contributed by atoms with E-state index in [1.807, 2.05) is 32.3 Å². The predicted molar refractivity (Wildman–Crippen MR) is 47.4 cm³/mol. The molecule has 56 valence electrons. The van der Waals surface area contributed by atoms with Crippen LogP contribution in [0.1, 0.15) is 27.2 Å². The van der Waals surface area contributed by atoms with Crippen LogP contribution in [0.25, 0.3) is 0 Å². The molecule has 1 nitrogen and oxygen atoms in total. The Hall–Kier alpha value is -0.850. The SMILES string of the molecule is CC.CC1=CCC=NC=C1. The van der Waals surface area contributed by atoms with Crippen LogP contribution in [0.15, 0.2) is 28.9 Å². The van der Waals surface area contributed by atoms with E-state index < -0.39 is 0 Å². The van der Waals surface area contributed by atoms with Crippen LogP contribution < -0.4 is 0 Å². The summed E-state index contributed by atoms with van der Waals surface area (Å²) >= 11 is 0. The summed E-state index contributed by atoms with van der Waals surface area (Å²) in [4.78, 5) is 3.96. The van der Waals surface area contributed by atoms with E-state index in [4.69, 9.17) is 0 Å². The second-order valence-electron chi connectivity index (χ2n) is 1.83. The molecule has 0 aromatic heterocycles. The van der Waals surface area contributed by atoms with Gasteiger partial charge in [-0.05, 0) is 13.0 Å². The van der Waals surface area contributed by atoms with E-state index in [1.165, 1.54) is 5.57 Å². The number of rotatable bonds is 0. The van der Waals surface area contributed by atoms with Crippen LogP contribution in [0.3, 0.4) is 0 Å². The summed E-state index contributed by atoms with van der Waals surface area (Å²) in [6, 6.07) is 0. The first-order chi connectivity index (χ1) is 4.89. The van der Waals surface area contributed by atoms with Gasteiger partial charge in [0, 0.05) is 18.8 Å². The molecule has 0 atom stereocenters. The molecule has 1 heterocycles. The Balaban J connectivity index is 0.000000371. The quantitative estimate of drug-likeness (QED) is 0.486. The highest BCUT2D eigenvalue weighted by atomic mass is 14.7. The van der Waals surface area contributed by atoms with Crippen LogP contribution in [0, 0.1) is 0 Å². The molecule has 0 amide bonds. The average molecular weight is 137 g/mol. The minimum atomic E-state index is 0.971. The van der Waals surface area contributed by atoms with E-state index in [1.54, 1.807) is 0 Å². The minimum Gasteiger partial charge on any atom is -0.269 e. The summed E-state index contributed by atoms with van der Waals surface area (Å²) < 4.78 is 0. The number of hydrogen-bond acceptors (Lipinski definition) is 1. The van der Waals surface area contributed by atoms with Crippen molar-refractivity contribution in [2.45, 2.75) is 27.2 Å². The predicted octanol–water partition coefficient (Wildman–Crippen LogP) is 2.95. The summed E-state index contributed by atoms with van der Waals surface area (Å²) in [5, 5.41) is 0. The molecule has 0 aromatic carbocycles. The zero-order valence-electron chi connectivity index (χ0n) is 6.96. The third-order valence-electron chi connectivity index (χ3n) is 1.07. The molecule has 1 aliphatic heterocycles. The number of hydrogen-bond donors (Lipinski definition) is 0. The van der Waals surface area contributed by atoms with E-state index in [0.29, 0.717) is 0 Å². The van der Waals surface area contributed by atoms with Crippen molar-refractivity contribution in [2.24, 2.45) is 4.99 Å². The maximum atomic E-state index is 3.96. The van der Waals surface area contributed by atoms with Gasteiger partial charge in [0.15, 0.2) is 0 Å². The highest BCUT2D eigenvalue weighted by Gasteiger charge is 1.81. The van der Waals surface area contributed by atoms with Gasteiger partial charge < -0.3 is 0 Å². The first-order valence-corrected chi connectivity index (χ1v) is 3.74. The zero-order chi connectivity index (χ0) is 7.82. The molecule has 1 rings (SSSR count). The molecule has 1 heteroatoms. The molecule has 0 saturated carbocycles. The van der Waals surface area contributed by atoms with Crippen molar-refractivity contribution in [3.05, 3.63) is 23.9 Å². The van der Waals surface area contributed by atoms with Crippen LogP contribution >= 0.6 is 0 Å². The van der Waals surface area contributed by atoms with Crippen LogP contribution in [0.5, 0.6) is 0 Å². The summed E-state index contributed by atoms with van der Waals surface area (Å²) in [7, 11) is 0. The van der Waals surface area contributed by atoms with Gasteiger partial charge in [-0.2, -0.15) is 0 Å². The largest absolute Gasteiger partial charge is 0.269 e. The van der Waals surface area contributed by atoms with Crippen molar-refractivity contribution < 1.29 is 0 Å². The highest BCUT2D eigenvalue weighted by Crippen LogP contribution is 1.99. The second kappa shape index (κ2) is 6.27. The second-order valence-corrected chi connectivity index (χ2v) is 1.83. The van der Waals surface area contributed by atoms with E-state index in [2.05, 4.69) is 18.0 Å². The fraction of sp³-hybridized carbons (Fsp3) is 0.444. The monoisotopic (exact) mass is 137 g/mol. The average Bonchev–Trinajstić information content (AvgIpc) is 2.21. The molecule has 0 aromatic rings. The lowest BCUT2D eigenvalue weighted by Crippen LogP contribution is -1.66. The van der Waals surface area contributed by atoms with Crippen molar-refractivity contribution in [1.29, 1.82) is 0 Å². The fourth-order valence-corrected chi connectivity index (χ4v) is 0.589. The maximum Gasteiger partial charge on any atom is 0.0266 e. The maximum absolute atomic E-state index is 3.96. The van der Waals surface area contributed by atoms with E-state index in [9.17, 15) is 0 Å². The number of nitrogens with zero attached hydrogens (tertiary/aromatic N) is 1. The molecule has 0 N–H and O–H groups in total. The smallest absolute Gasteiger partial charge is 0.0266 e. The summed E-state index contributed by atoms with van der Waals surface area (Å²) in [5.41, 5.74) is 1.29. The Bertz CT molecular complexity index is 149. The molecule has 0 unspecified atom stereocenters. The van der Waals surface area contributed by atoms with Gasteiger partial charge >= 0.3 is 0 Å². The third-order valence-corrected chi connectivity index (χ3v) is 1.07. The number of allylic oxidation sites excluding steroid dienone is 3. The molecule has 10 heavy (non-hydrogen) atoms. The van der Waals surface area contributed by atoms with Gasteiger partial charge in [0.1, 0.15) is 0 Å². The van der Waals surface area contributed by atoms with Crippen LogP contribution in [0.4, 0.5) is 0 Å². The molecule has 1 aliphatic rings. The fourth-order valence-electron chi connectivity index (χ4n) is 0.589. The first kappa shape index (κ1) is 9.15. The van der Waals surface area contributed by atoms with Gasteiger partial charge in [-0.1, -0.05) is 25.5 Å². The van der Waals surface area contributed by atoms with Gasteiger partial charge in [-0.15, -0.1) is 0 Å². The van der Waals surface area contributed by atoms with Gasteiger partial charge in [0.25, 0.3) is 0 Å². The lowest BCUT2D eigenvalue weighted by molar-refractivity contribution is 1.43. The van der Waals surface area contributed by atoms with Crippen molar-refractivity contribution in [2.75, 3.05) is 0 Å². The summed E-state index contributed by atoms with van der Waals surface area (Å²) in [6.45, 7) is 6.07. The lowest BCUT2D eigenvalue weighted by Gasteiger charge is -1.81. The van der Waals surface area contributed by atoms with Crippen molar-refractivity contribution in [3.8, 4) is 0 Å². The van der Waals surface area contributed by atoms with Crippen molar-refractivity contribution in [1.82, 2.24) is 0 Å². The Morgan fingerprint density at radius 3 is 2.80 bits per heavy atom. The third kappa shape index (κ3) is 4.07. The standard InChI is InChI=1S/C7H9N.C2H6/c1-7-3-2-5-8-6-4-7;1-2/h3-6H,2H2,1H3;1-2H3. The molecule has 0 bridgehead atoms. The minimum absolute atomic E-state index is 0.971. The summed E-state index contributed by atoms with van der Waals surface area (Å²) in [5.74, 6) is 0. The highest BCUT2D eigenvalue weighted by molar-refractivity contribution is 5.61. The molecule has 0 fully saturated rings. The zero-order valence-corrected chi connectivity index (χ0v) is 6.96. The molecule has 0 aliphatic carbocycles. The Morgan fingerprint density at radius 2 is 2.10 bits per heavy atom. The van der Waals surface area contributed by atoms with Crippen molar-refractivity contribution in [3.63, 3.8) is 0 Å². The van der Waals surface area contributed by atoms with E-state index >= 15 is 0 Å². The van der Waals surface area contributed by atoms with Gasteiger partial charge in [0.2, 0.25) is 0 Å². The van der Waals surface area contributed by atoms with Gasteiger partial charge in [-0.25, -0.2) is 0 Å². The molecule has 0 radical (unpaired) electrons. The Morgan fingerprint density at radius 1 is 1.40 bits per heavy atom. The number of aliphatic imine (C=N–C) groups is 1. The van der Waals surface area contributed by atoms with E-state index in [0.717, 1.165) is 6.42 Å². The molecule has 0 spiro atoms. The van der Waals surface area contributed by atoms with Crippen LogP contribution in [-0.4, -0.2) is 6.21 Å². The van der Waals surface area contributed by atoms with Gasteiger partial charge in [-0.3, -0.25) is 4.99 Å². The Labute approximate surface area is 63.2 Å². The first-order valence-electron chi connectivity index (χ1n) is 3.74. The lowest BCUT2D eigenvalue weighted by atomic mass is 10.2. The Kier molecular flexibility index (Phi) is 5.74. The van der Waals surface area contributed by atoms with Crippen molar-refractivity contribution >= 4 is 6.21 Å². The molecular formula is C9H15N. The normalized spacial score (nSPS) is 14.9. The summed E-state index contributed by atoms with van der Waals surface area (Å²) in [6.07, 6.45) is 8.83. The van der Waals surface area contributed by atoms with E-state index in [-0.39, 0.29) is 0 Å². The van der Waals surface area contributed by atoms with Crippen LogP contribution in [-0.2, 0) is 0 Å². The molecular weight excluding hydrogens is 122 g/mol. The van der Waals surface area contributed by atoms with Crippen LogP contribution in [0.2, 0.25) is 0 Å².